The Morgan fingerprint density at radius 1 is 1.13 bits per heavy atom. The molecule has 0 unspecified atom stereocenters. The third-order valence-electron chi connectivity index (χ3n) is 4.62. The summed E-state index contributed by atoms with van der Waals surface area (Å²) in [5.74, 6) is -0.391. The van der Waals surface area contributed by atoms with Crippen molar-refractivity contribution in [2.24, 2.45) is 0 Å². The molecule has 0 saturated carbocycles. The van der Waals surface area contributed by atoms with Crippen molar-refractivity contribution in [2.45, 2.75) is 33.2 Å². The van der Waals surface area contributed by atoms with Gasteiger partial charge in [0.05, 0.1) is 5.54 Å². The van der Waals surface area contributed by atoms with Crippen LogP contribution in [0.5, 0.6) is 0 Å². The number of carbonyl (C=O) groups excluding carboxylic acids is 2. The van der Waals surface area contributed by atoms with Gasteiger partial charge >= 0.3 is 6.03 Å². The van der Waals surface area contributed by atoms with E-state index in [0.29, 0.717) is 0 Å². The van der Waals surface area contributed by atoms with Crippen LogP contribution in [-0.2, 0) is 4.79 Å². The molecule has 2 N–H and O–H groups in total. The van der Waals surface area contributed by atoms with Crippen LogP contribution in [-0.4, -0.2) is 24.5 Å². The Labute approximate surface area is 136 Å². The highest BCUT2D eigenvalue weighted by Crippen LogP contribution is 2.39. The average Bonchev–Trinajstić information content (AvgIpc) is 2.76. The van der Waals surface area contributed by atoms with Gasteiger partial charge in [-0.15, -0.1) is 0 Å². The van der Waals surface area contributed by atoms with Gasteiger partial charge < -0.3 is 10.2 Å². The number of urea groups is 1. The van der Waals surface area contributed by atoms with E-state index in [1.54, 1.807) is 6.08 Å². The van der Waals surface area contributed by atoms with E-state index in [4.69, 9.17) is 0 Å². The first-order valence-corrected chi connectivity index (χ1v) is 7.61. The number of aryl methyl sites for hydroxylation is 1. The largest absolute Gasteiger partial charge is 0.365 e. The van der Waals surface area contributed by atoms with E-state index >= 15 is 0 Å². The molecule has 3 amide bonds. The maximum Gasteiger partial charge on any atom is 0.326 e. The number of hydrogen-bond donors (Lipinski definition) is 2. The normalized spacial score (nSPS) is 21.0. The van der Waals surface area contributed by atoms with Crippen molar-refractivity contribution < 1.29 is 9.59 Å². The number of rotatable bonds is 1. The molecule has 120 valence electrons. The third-order valence-corrected chi connectivity index (χ3v) is 4.62. The number of nitrogens with zero attached hydrogens (tertiary/aromatic N) is 1. The lowest BCUT2D eigenvalue weighted by Crippen LogP contribution is -2.42. The Morgan fingerprint density at radius 2 is 1.83 bits per heavy atom. The molecule has 0 aliphatic carbocycles. The molecule has 0 bridgehead atoms. The van der Waals surface area contributed by atoms with E-state index in [1.807, 2.05) is 6.92 Å². The number of nitrogens with one attached hydrogen (secondary N) is 2. The number of carbonyl (C=O) groups is 2. The molecule has 0 spiro atoms. The van der Waals surface area contributed by atoms with Gasteiger partial charge in [-0.25, -0.2) is 4.79 Å². The summed E-state index contributed by atoms with van der Waals surface area (Å²) in [7, 11) is 2.09. The first-order chi connectivity index (χ1) is 10.7. The SMILES string of the molecule is CC1=CC(C)(C)N(C)c2cc(C)c(/C=C3/NC(=O)NC3=O)cc21. The second-order valence-electron chi connectivity index (χ2n) is 6.73. The van der Waals surface area contributed by atoms with Gasteiger partial charge in [0.2, 0.25) is 0 Å². The summed E-state index contributed by atoms with van der Waals surface area (Å²) in [6.07, 6.45) is 3.97. The van der Waals surface area contributed by atoms with Crippen LogP contribution in [0.4, 0.5) is 10.5 Å². The summed E-state index contributed by atoms with van der Waals surface area (Å²) >= 11 is 0. The average molecular weight is 311 g/mol. The zero-order valence-corrected chi connectivity index (χ0v) is 14.1. The van der Waals surface area contributed by atoms with Crippen LogP contribution in [0.1, 0.15) is 37.5 Å². The van der Waals surface area contributed by atoms with Gasteiger partial charge in [0.15, 0.2) is 0 Å². The van der Waals surface area contributed by atoms with Crippen molar-refractivity contribution in [2.75, 3.05) is 11.9 Å². The quantitative estimate of drug-likeness (QED) is 0.619. The van der Waals surface area contributed by atoms with E-state index in [1.165, 1.54) is 11.3 Å². The van der Waals surface area contributed by atoms with Crippen LogP contribution in [0.2, 0.25) is 0 Å². The highest BCUT2D eigenvalue weighted by molar-refractivity contribution is 6.14. The van der Waals surface area contributed by atoms with E-state index < -0.39 is 11.9 Å². The topological polar surface area (TPSA) is 61.4 Å². The van der Waals surface area contributed by atoms with Crippen LogP contribution in [0, 0.1) is 6.92 Å². The van der Waals surface area contributed by atoms with Gasteiger partial charge in [0.1, 0.15) is 5.70 Å². The molecule has 23 heavy (non-hydrogen) atoms. The van der Waals surface area contributed by atoms with Gasteiger partial charge in [-0.1, -0.05) is 6.08 Å². The van der Waals surface area contributed by atoms with Crippen molar-refractivity contribution in [3.63, 3.8) is 0 Å². The molecule has 2 aliphatic heterocycles. The number of amides is 3. The Kier molecular flexibility index (Phi) is 3.32. The molecule has 1 fully saturated rings. The van der Waals surface area contributed by atoms with Gasteiger partial charge in [-0.2, -0.15) is 0 Å². The summed E-state index contributed by atoms with van der Waals surface area (Å²) in [5.41, 5.74) is 5.76. The highest BCUT2D eigenvalue weighted by Gasteiger charge is 2.29. The van der Waals surface area contributed by atoms with Crippen LogP contribution >= 0.6 is 0 Å². The van der Waals surface area contributed by atoms with E-state index in [2.05, 4.69) is 61.6 Å². The fraction of sp³-hybridized carbons (Fsp3) is 0.333. The summed E-state index contributed by atoms with van der Waals surface area (Å²) in [6.45, 7) is 8.48. The molecule has 1 aromatic carbocycles. The lowest BCUT2D eigenvalue weighted by molar-refractivity contribution is -0.115. The van der Waals surface area contributed by atoms with Crippen LogP contribution in [0.3, 0.4) is 0 Å². The summed E-state index contributed by atoms with van der Waals surface area (Å²) in [4.78, 5) is 25.2. The predicted octanol–water partition coefficient (Wildman–Crippen LogP) is 2.81. The van der Waals surface area contributed by atoms with Crippen molar-refractivity contribution in [3.8, 4) is 0 Å². The standard InChI is InChI=1S/C18H21N3O2/c1-10-6-15-13(11(2)9-18(3,4)21(15)5)7-12(10)8-14-16(22)20-17(23)19-14/h6-9H,1-5H3,(H2,19,20,22,23)/b14-8+. The lowest BCUT2D eigenvalue weighted by Gasteiger charge is -2.41. The molecule has 0 aromatic heterocycles. The minimum Gasteiger partial charge on any atom is -0.365 e. The highest BCUT2D eigenvalue weighted by atomic mass is 16.2. The summed E-state index contributed by atoms with van der Waals surface area (Å²) in [6, 6.07) is 3.73. The zero-order chi connectivity index (χ0) is 16.9. The van der Waals surface area contributed by atoms with Gasteiger partial charge in [0, 0.05) is 18.3 Å². The first kappa shape index (κ1) is 15.3. The number of benzene rings is 1. The van der Waals surface area contributed by atoms with Gasteiger partial charge in [-0.3, -0.25) is 10.1 Å². The fourth-order valence-corrected chi connectivity index (χ4v) is 3.11. The summed E-state index contributed by atoms with van der Waals surface area (Å²) < 4.78 is 0. The second kappa shape index (κ2) is 4.98. The van der Waals surface area contributed by atoms with E-state index in [0.717, 1.165) is 16.7 Å². The molecular formula is C18H21N3O2. The zero-order valence-electron chi connectivity index (χ0n) is 14.1. The number of fused-ring (bicyclic) bond motifs is 1. The third kappa shape index (κ3) is 2.52. The van der Waals surface area contributed by atoms with Crippen LogP contribution < -0.4 is 15.5 Å². The second-order valence-corrected chi connectivity index (χ2v) is 6.73. The summed E-state index contributed by atoms with van der Waals surface area (Å²) in [5, 5.41) is 4.75. The Hall–Kier alpha value is -2.56. The molecule has 1 saturated heterocycles. The Balaban J connectivity index is 2.10. The fourth-order valence-electron chi connectivity index (χ4n) is 3.11. The smallest absolute Gasteiger partial charge is 0.326 e. The molecule has 5 nitrogen and oxygen atoms in total. The van der Waals surface area contributed by atoms with E-state index in [9.17, 15) is 9.59 Å². The number of likely N-dealkylation sites (N-methyl/N-ethyl adjacent to an activating group) is 1. The monoisotopic (exact) mass is 311 g/mol. The van der Waals surface area contributed by atoms with E-state index in [-0.39, 0.29) is 11.2 Å². The molecule has 5 heteroatoms. The molecular weight excluding hydrogens is 290 g/mol. The molecule has 1 aromatic rings. The van der Waals surface area contributed by atoms with Crippen molar-refractivity contribution in [1.82, 2.24) is 10.6 Å². The van der Waals surface area contributed by atoms with Crippen molar-refractivity contribution in [1.29, 1.82) is 0 Å². The maximum absolute atomic E-state index is 11.7. The van der Waals surface area contributed by atoms with Crippen molar-refractivity contribution in [3.05, 3.63) is 40.6 Å². The molecule has 3 rings (SSSR count). The van der Waals surface area contributed by atoms with Crippen LogP contribution in [0.15, 0.2) is 23.9 Å². The number of hydrogen-bond acceptors (Lipinski definition) is 3. The number of anilines is 1. The molecule has 2 aliphatic rings. The van der Waals surface area contributed by atoms with Gasteiger partial charge in [-0.05, 0) is 62.6 Å². The minimum absolute atomic E-state index is 0.0389. The molecule has 2 heterocycles. The number of allylic oxidation sites excluding steroid dienone is 1. The van der Waals surface area contributed by atoms with Crippen LogP contribution in [0.25, 0.3) is 11.6 Å². The number of imide groups is 1. The Morgan fingerprint density at radius 3 is 2.43 bits per heavy atom. The predicted molar refractivity (Wildman–Crippen MR) is 92.0 cm³/mol. The Bertz CT molecular complexity index is 788. The maximum atomic E-state index is 11.7. The lowest BCUT2D eigenvalue weighted by atomic mass is 9.87. The first-order valence-electron chi connectivity index (χ1n) is 7.61. The molecule has 0 atom stereocenters. The minimum atomic E-state index is -0.477. The van der Waals surface area contributed by atoms with Gasteiger partial charge in [0.25, 0.3) is 5.91 Å². The van der Waals surface area contributed by atoms with Crippen molar-refractivity contribution >= 4 is 29.3 Å². The molecule has 0 radical (unpaired) electrons.